The van der Waals surface area contributed by atoms with Crippen molar-refractivity contribution in [3.05, 3.63) is 65.0 Å². The highest BCUT2D eigenvalue weighted by Crippen LogP contribution is 2.34. The summed E-state index contributed by atoms with van der Waals surface area (Å²) in [6.07, 6.45) is -3.24. The van der Waals surface area contributed by atoms with Crippen molar-refractivity contribution in [2.75, 3.05) is 18.0 Å². The molecule has 2 N–H and O–H groups in total. The molecule has 188 valence electrons. The lowest BCUT2D eigenvalue weighted by molar-refractivity contribution is -0.138. The molecular formula is C22H17F5N6O3. The standard InChI is InChI=1S/C22H17F5N6O3/c23-15-1-11(2-16(24)20(15)36-14-3-12(5-29-7-14)22(25,26)27)10-35-18-4-19-32-9-17(34)30-6-13(32)8-33(19)21(28)31-18/h1-5,7,13,28H,6,8-10H2,(H,30,34). The first-order chi connectivity index (χ1) is 17.1. The van der Waals surface area contributed by atoms with Gasteiger partial charge in [0.2, 0.25) is 17.4 Å². The number of carbonyl (C=O) groups excluding carboxylic acids is 1. The van der Waals surface area contributed by atoms with Gasteiger partial charge in [-0.05, 0) is 23.8 Å². The third-order valence-corrected chi connectivity index (χ3v) is 5.68. The van der Waals surface area contributed by atoms with Gasteiger partial charge >= 0.3 is 6.18 Å². The number of nitrogens with one attached hydrogen (secondary N) is 2. The molecular weight excluding hydrogens is 491 g/mol. The first-order valence-corrected chi connectivity index (χ1v) is 10.6. The maximum absolute atomic E-state index is 14.6. The van der Waals surface area contributed by atoms with Crippen LogP contribution in [0.5, 0.6) is 17.4 Å². The highest BCUT2D eigenvalue weighted by molar-refractivity contribution is 5.83. The lowest BCUT2D eigenvalue weighted by Crippen LogP contribution is -2.52. The summed E-state index contributed by atoms with van der Waals surface area (Å²) in [5.41, 5.74) is -1.17. The summed E-state index contributed by atoms with van der Waals surface area (Å²) in [7, 11) is 0. The van der Waals surface area contributed by atoms with Crippen LogP contribution in [0.2, 0.25) is 0 Å². The number of carbonyl (C=O) groups is 1. The van der Waals surface area contributed by atoms with Gasteiger partial charge in [-0.3, -0.25) is 19.8 Å². The smallest absolute Gasteiger partial charge is 0.418 e. The van der Waals surface area contributed by atoms with E-state index in [0.29, 0.717) is 31.2 Å². The molecule has 14 heteroatoms. The SMILES string of the molecule is N=c1nc(OCc2cc(F)c(Oc3cncc(C(F)(F)F)c3)c(F)c2)cc2n1CC1CNC(=O)CN21. The fraction of sp³-hybridized carbons (Fsp3) is 0.273. The van der Waals surface area contributed by atoms with E-state index in [0.717, 1.165) is 18.3 Å². The van der Waals surface area contributed by atoms with Gasteiger partial charge in [-0.1, -0.05) is 0 Å². The number of pyridine rings is 1. The van der Waals surface area contributed by atoms with Crippen molar-refractivity contribution in [2.24, 2.45) is 0 Å². The predicted octanol–water partition coefficient (Wildman–Crippen LogP) is 2.74. The van der Waals surface area contributed by atoms with Crippen LogP contribution in [0.3, 0.4) is 0 Å². The van der Waals surface area contributed by atoms with Crippen LogP contribution in [-0.4, -0.2) is 39.6 Å². The van der Waals surface area contributed by atoms with Gasteiger partial charge in [-0.15, -0.1) is 0 Å². The van der Waals surface area contributed by atoms with Crippen LogP contribution in [0, 0.1) is 17.0 Å². The second kappa shape index (κ2) is 8.77. The molecule has 1 saturated heterocycles. The summed E-state index contributed by atoms with van der Waals surface area (Å²) in [5.74, 6) is -3.26. The number of nitrogens with zero attached hydrogens (tertiary/aromatic N) is 4. The minimum atomic E-state index is -4.70. The zero-order valence-corrected chi connectivity index (χ0v) is 18.3. The number of amides is 1. The van der Waals surface area contributed by atoms with Crippen molar-refractivity contribution in [3.8, 4) is 17.4 Å². The summed E-state index contributed by atoms with van der Waals surface area (Å²) >= 11 is 0. The van der Waals surface area contributed by atoms with Crippen LogP contribution in [0.1, 0.15) is 11.1 Å². The first-order valence-electron chi connectivity index (χ1n) is 10.6. The quantitative estimate of drug-likeness (QED) is 0.514. The summed E-state index contributed by atoms with van der Waals surface area (Å²) in [6, 6.07) is 3.92. The largest absolute Gasteiger partial charge is 0.473 e. The van der Waals surface area contributed by atoms with Gasteiger partial charge in [0.25, 0.3) is 0 Å². The zero-order chi connectivity index (χ0) is 25.6. The fourth-order valence-corrected chi connectivity index (χ4v) is 4.01. The molecule has 36 heavy (non-hydrogen) atoms. The van der Waals surface area contributed by atoms with Crippen molar-refractivity contribution in [3.63, 3.8) is 0 Å². The lowest BCUT2D eigenvalue weighted by Gasteiger charge is -2.30. The topological polar surface area (TPSA) is 105 Å². The number of halogens is 5. The Morgan fingerprint density at radius 1 is 1.14 bits per heavy atom. The van der Waals surface area contributed by atoms with Gasteiger partial charge in [0.15, 0.2) is 17.4 Å². The van der Waals surface area contributed by atoms with E-state index in [9.17, 15) is 26.7 Å². The normalized spacial score (nSPS) is 16.9. The van der Waals surface area contributed by atoms with Gasteiger partial charge in [0, 0.05) is 25.4 Å². The molecule has 1 unspecified atom stereocenters. The highest BCUT2D eigenvalue weighted by atomic mass is 19.4. The molecule has 0 radical (unpaired) electrons. The molecule has 3 aromatic rings. The van der Waals surface area contributed by atoms with E-state index in [-0.39, 0.29) is 42.2 Å². The number of piperazine rings is 1. The fourth-order valence-electron chi connectivity index (χ4n) is 4.01. The Balaban J connectivity index is 1.32. The Bertz CT molecular complexity index is 1390. The molecule has 2 aliphatic rings. The molecule has 4 heterocycles. The highest BCUT2D eigenvalue weighted by Gasteiger charge is 2.35. The monoisotopic (exact) mass is 508 g/mol. The Hall–Kier alpha value is -4.23. The van der Waals surface area contributed by atoms with E-state index in [1.807, 2.05) is 4.90 Å². The van der Waals surface area contributed by atoms with Crippen LogP contribution in [0.25, 0.3) is 0 Å². The molecule has 0 aliphatic carbocycles. The summed E-state index contributed by atoms with van der Waals surface area (Å²) in [5, 5.41) is 10.9. The maximum Gasteiger partial charge on any atom is 0.418 e. The minimum absolute atomic E-state index is 0.0217. The zero-order valence-electron chi connectivity index (χ0n) is 18.3. The number of hydrogen-bond acceptors (Lipinski definition) is 7. The third kappa shape index (κ3) is 4.53. The van der Waals surface area contributed by atoms with E-state index < -0.39 is 34.9 Å². The number of fused-ring (bicyclic) bond motifs is 3. The Labute approximate surface area is 199 Å². The number of benzene rings is 1. The number of ether oxygens (including phenoxy) is 2. The Kier molecular flexibility index (Phi) is 5.73. The number of alkyl halides is 3. The molecule has 9 nitrogen and oxygen atoms in total. The molecule has 1 amide bonds. The van der Waals surface area contributed by atoms with Gasteiger partial charge in [0.1, 0.15) is 18.2 Å². The van der Waals surface area contributed by atoms with Crippen LogP contribution < -0.4 is 25.3 Å². The van der Waals surface area contributed by atoms with Crippen LogP contribution in [0.4, 0.5) is 27.8 Å². The van der Waals surface area contributed by atoms with E-state index in [1.54, 1.807) is 10.6 Å². The molecule has 1 aromatic carbocycles. The summed E-state index contributed by atoms with van der Waals surface area (Å²) < 4.78 is 79.8. The molecule has 2 aromatic heterocycles. The maximum atomic E-state index is 14.6. The van der Waals surface area contributed by atoms with Gasteiger partial charge in [-0.25, -0.2) is 8.78 Å². The average Bonchev–Trinajstić information content (AvgIpc) is 3.18. The molecule has 0 spiro atoms. The van der Waals surface area contributed by atoms with Crippen LogP contribution in [0.15, 0.2) is 36.7 Å². The van der Waals surface area contributed by atoms with Gasteiger partial charge < -0.3 is 19.7 Å². The molecule has 0 saturated carbocycles. The van der Waals surface area contributed by atoms with Crippen molar-refractivity contribution in [2.45, 2.75) is 25.4 Å². The number of rotatable bonds is 5. The van der Waals surface area contributed by atoms with E-state index in [1.165, 1.54) is 0 Å². The van der Waals surface area contributed by atoms with Crippen molar-refractivity contribution < 1.29 is 36.2 Å². The van der Waals surface area contributed by atoms with Crippen molar-refractivity contribution in [1.82, 2.24) is 19.9 Å². The van der Waals surface area contributed by atoms with Crippen molar-refractivity contribution >= 4 is 11.7 Å². The number of hydrogen-bond donors (Lipinski definition) is 2. The summed E-state index contributed by atoms with van der Waals surface area (Å²) in [6.45, 7) is 0.701. The molecule has 1 fully saturated rings. The Morgan fingerprint density at radius 3 is 2.61 bits per heavy atom. The lowest BCUT2D eigenvalue weighted by atomic mass is 10.2. The van der Waals surface area contributed by atoms with Gasteiger partial charge in [-0.2, -0.15) is 18.2 Å². The second-order valence-electron chi connectivity index (χ2n) is 8.16. The molecule has 5 rings (SSSR count). The molecule has 1 atom stereocenters. The van der Waals surface area contributed by atoms with Crippen molar-refractivity contribution in [1.29, 1.82) is 5.41 Å². The average molecular weight is 508 g/mol. The van der Waals surface area contributed by atoms with E-state index >= 15 is 0 Å². The Morgan fingerprint density at radius 2 is 1.89 bits per heavy atom. The van der Waals surface area contributed by atoms with Gasteiger partial charge in [0.05, 0.1) is 24.3 Å². The minimum Gasteiger partial charge on any atom is -0.473 e. The predicted molar refractivity (Wildman–Crippen MR) is 112 cm³/mol. The van der Waals surface area contributed by atoms with Crippen LogP contribution in [-0.2, 0) is 24.1 Å². The first kappa shape index (κ1) is 23.5. The summed E-state index contributed by atoms with van der Waals surface area (Å²) in [4.78, 5) is 21.0. The number of aromatic nitrogens is 3. The second-order valence-corrected chi connectivity index (χ2v) is 8.16. The number of anilines is 1. The molecule has 0 bridgehead atoms. The van der Waals surface area contributed by atoms with E-state index in [4.69, 9.17) is 14.9 Å². The van der Waals surface area contributed by atoms with E-state index in [2.05, 4.69) is 15.3 Å². The van der Waals surface area contributed by atoms with Crippen LogP contribution >= 0.6 is 0 Å². The molecule has 2 aliphatic heterocycles. The third-order valence-electron chi connectivity index (χ3n) is 5.68.